The minimum atomic E-state index is -0.670. The van der Waals surface area contributed by atoms with E-state index in [0.29, 0.717) is 12.8 Å². The molecule has 0 aromatic heterocycles. The van der Waals surface area contributed by atoms with Crippen LogP contribution >= 0.6 is 11.6 Å². The van der Waals surface area contributed by atoms with Gasteiger partial charge in [-0.3, -0.25) is 9.59 Å². The van der Waals surface area contributed by atoms with Gasteiger partial charge in [0, 0.05) is 11.4 Å². The molecule has 2 amide bonds. The molecule has 1 aliphatic rings. The summed E-state index contributed by atoms with van der Waals surface area (Å²) in [4.78, 5) is 24.1. The number of rotatable bonds is 3. The molecule has 0 spiro atoms. The molecule has 24 heavy (non-hydrogen) atoms. The number of amides is 2. The number of nitrogens with one attached hydrogen (secondary N) is 2. The molecule has 0 saturated carbocycles. The zero-order valence-electron chi connectivity index (χ0n) is 12.8. The predicted octanol–water partition coefficient (Wildman–Crippen LogP) is 3.23. The maximum Gasteiger partial charge on any atom is 0.254 e. The highest BCUT2D eigenvalue weighted by molar-refractivity contribution is 6.30. The monoisotopic (exact) mass is 346 g/mol. The largest absolute Gasteiger partial charge is 0.347 e. The molecule has 2 aromatic rings. The van der Waals surface area contributed by atoms with Crippen molar-refractivity contribution >= 4 is 23.4 Å². The van der Waals surface area contributed by atoms with Crippen LogP contribution in [0.25, 0.3) is 0 Å². The summed E-state index contributed by atoms with van der Waals surface area (Å²) >= 11 is 5.71. The lowest BCUT2D eigenvalue weighted by atomic mass is 9.91. The molecule has 6 heteroatoms. The van der Waals surface area contributed by atoms with Crippen LogP contribution in [0.2, 0.25) is 5.02 Å². The Balaban J connectivity index is 1.81. The van der Waals surface area contributed by atoms with Crippen molar-refractivity contribution in [3.8, 4) is 0 Å². The Bertz CT molecular complexity index is 767. The maximum absolute atomic E-state index is 13.9. The first-order valence-corrected chi connectivity index (χ1v) is 8.02. The average Bonchev–Trinajstić information content (AvgIpc) is 2.57. The van der Waals surface area contributed by atoms with Gasteiger partial charge in [0.1, 0.15) is 5.82 Å². The summed E-state index contributed by atoms with van der Waals surface area (Å²) in [6, 6.07) is 12.7. The molecular formula is C18H16ClFN2O2. The fraction of sp³-hybridized carbons (Fsp3) is 0.222. The van der Waals surface area contributed by atoms with Crippen molar-refractivity contribution in [2.24, 2.45) is 0 Å². The number of hydrogen-bond donors (Lipinski definition) is 2. The van der Waals surface area contributed by atoms with E-state index >= 15 is 0 Å². The maximum atomic E-state index is 13.9. The average molecular weight is 347 g/mol. The van der Waals surface area contributed by atoms with E-state index in [9.17, 15) is 14.0 Å². The summed E-state index contributed by atoms with van der Waals surface area (Å²) in [5.74, 6) is -1.26. The molecule has 1 heterocycles. The van der Waals surface area contributed by atoms with Crippen molar-refractivity contribution < 1.29 is 14.0 Å². The van der Waals surface area contributed by atoms with Gasteiger partial charge in [0.25, 0.3) is 5.91 Å². The minimum absolute atomic E-state index is 0.0629. The lowest BCUT2D eigenvalue weighted by molar-refractivity contribution is -0.123. The van der Waals surface area contributed by atoms with E-state index in [1.807, 2.05) is 30.3 Å². The third kappa shape index (κ3) is 3.57. The second-order valence-corrected chi connectivity index (χ2v) is 6.14. The predicted molar refractivity (Wildman–Crippen MR) is 89.2 cm³/mol. The fourth-order valence-corrected chi connectivity index (χ4v) is 3.01. The molecule has 0 aliphatic carbocycles. The number of benzene rings is 2. The van der Waals surface area contributed by atoms with Crippen LogP contribution in [0.3, 0.4) is 0 Å². The third-order valence-electron chi connectivity index (χ3n) is 4.05. The van der Waals surface area contributed by atoms with E-state index in [2.05, 4.69) is 10.6 Å². The van der Waals surface area contributed by atoms with Crippen LogP contribution in [-0.2, 0) is 4.79 Å². The number of halogens is 2. The van der Waals surface area contributed by atoms with E-state index in [4.69, 9.17) is 11.6 Å². The van der Waals surface area contributed by atoms with Gasteiger partial charge in [-0.2, -0.15) is 0 Å². The van der Waals surface area contributed by atoms with Crippen molar-refractivity contribution in [1.82, 2.24) is 10.6 Å². The van der Waals surface area contributed by atoms with Gasteiger partial charge in [0.05, 0.1) is 17.6 Å². The Morgan fingerprint density at radius 1 is 1.21 bits per heavy atom. The fourth-order valence-electron chi connectivity index (χ4n) is 2.85. The van der Waals surface area contributed by atoms with E-state index in [1.54, 1.807) is 0 Å². The number of piperidine rings is 1. The first-order chi connectivity index (χ1) is 11.5. The quantitative estimate of drug-likeness (QED) is 0.896. The highest BCUT2D eigenvalue weighted by Gasteiger charge is 2.31. The Kier molecular flexibility index (Phi) is 4.81. The standard InChI is InChI=1S/C18H16ClFN2O2/c19-12-6-7-13(14(20)10-12)18(24)21-15-8-9-16(23)22-17(15)11-4-2-1-3-5-11/h1-7,10,15,17H,8-9H2,(H,21,24)(H,22,23)/t15-,17+/m0/s1. The van der Waals surface area contributed by atoms with Crippen molar-refractivity contribution in [3.05, 3.63) is 70.5 Å². The van der Waals surface area contributed by atoms with Gasteiger partial charge >= 0.3 is 0 Å². The first kappa shape index (κ1) is 16.5. The zero-order valence-corrected chi connectivity index (χ0v) is 13.5. The highest BCUT2D eigenvalue weighted by Crippen LogP contribution is 2.25. The molecule has 2 atom stereocenters. The van der Waals surface area contributed by atoms with Crippen LogP contribution in [0.1, 0.15) is 34.8 Å². The first-order valence-electron chi connectivity index (χ1n) is 7.65. The van der Waals surface area contributed by atoms with Gasteiger partial charge in [-0.1, -0.05) is 41.9 Å². The lowest BCUT2D eigenvalue weighted by Crippen LogP contribution is -2.50. The van der Waals surface area contributed by atoms with Gasteiger partial charge in [-0.25, -0.2) is 4.39 Å². The molecule has 3 rings (SSSR count). The van der Waals surface area contributed by atoms with Crippen molar-refractivity contribution in [3.63, 3.8) is 0 Å². The van der Waals surface area contributed by atoms with Crippen molar-refractivity contribution in [1.29, 1.82) is 0 Å². The van der Waals surface area contributed by atoms with Crippen LogP contribution in [0.15, 0.2) is 48.5 Å². The summed E-state index contributed by atoms with van der Waals surface area (Å²) in [6.45, 7) is 0. The molecule has 1 fully saturated rings. The summed E-state index contributed by atoms with van der Waals surface area (Å²) in [7, 11) is 0. The van der Waals surface area contributed by atoms with Gasteiger partial charge in [0.15, 0.2) is 0 Å². The summed E-state index contributed by atoms with van der Waals surface area (Å²) in [5.41, 5.74) is 0.829. The molecular weight excluding hydrogens is 331 g/mol. The Hall–Kier alpha value is -2.40. The lowest BCUT2D eigenvalue weighted by Gasteiger charge is -2.33. The van der Waals surface area contributed by atoms with E-state index in [0.717, 1.165) is 11.6 Å². The summed E-state index contributed by atoms with van der Waals surface area (Å²) in [6.07, 6.45) is 0.809. The Morgan fingerprint density at radius 3 is 2.67 bits per heavy atom. The van der Waals surface area contributed by atoms with Crippen LogP contribution < -0.4 is 10.6 Å². The topological polar surface area (TPSA) is 58.2 Å². The second-order valence-electron chi connectivity index (χ2n) is 5.70. The van der Waals surface area contributed by atoms with Crippen LogP contribution in [0, 0.1) is 5.82 Å². The summed E-state index contributed by atoms with van der Waals surface area (Å²) in [5, 5.41) is 5.96. The summed E-state index contributed by atoms with van der Waals surface area (Å²) < 4.78 is 13.9. The van der Waals surface area contributed by atoms with Crippen molar-refractivity contribution in [2.45, 2.75) is 24.9 Å². The van der Waals surface area contributed by atoms with E-state index < -0.39 is 11.7 Å². The van der Waals surface area contributed by atoms with Gasteiger partial charge in [-0.05, 0) is 30.2 Å². The second kappa shape index (κ2) is 7.01. The molecule has 2 N–H and O–H groups in total. The number of carbonyl (C=O) groups excluding carboxylic acids is 2. The molecule has 0 bridgehead atoms. The van der Waals surface area contributed by atoms with E-state index in [-0.39, 0.29) is 28.6 Å². The molecule has 0 radical (unpaired) electrons. The Morgan fingerprint density at radius 2 is 1.96 bits per heavy atom. The van der Waals surface area contributed by atoms with Crippen molar-refractivity contribution in [2.75, 3.05) is 0 Å². The third-order valence-corrected chi connectivity index (χ3v) is 4.29. The number of hydrogen-bond acceptors (Lipinski definition) is 2. The smallest absolute Gasteiger partial charge is 0.254 e. The molecule has 1 saturated heterocycles. The molecule has 0 unspecified atom stereocenters. The SMILES string of the molecule is O=C1CC[C@H](NC(=O)c2ccc(Cl)cc2F)[C@@H](c2ccccc2)N1. The molecule has 124 valence electrons. The molecule has 2 aromatic carbocycles. The van der Waals surface area contributed by atoms with Crippen LogP contribution in [0.5, 0.6) is 0 Å². The zero-order chi connectivity index (χ0) is 17.1. The van der Waals surface area contributed by atoms with Crippen LogP contribution in [-0.4, -0.2) is 17.9 Å². The number of carbonyl (C=O) groups is 2. The van der Waals surface area contributed by atoms with E-state index in [1.165, 1.54) is 12.1 Å². The molecule has 1 aliphatic heterocycles. The normalized spacial score (nSPS) is 20.3. The minimum Gasteiger partial charge on any atom is -0.347 e. The molecule has 4 nitrogen and oxygen atoms in total. The highest BCUT2D eigenvalue weighted by atomic mass is 35.5. The van der Waals surface area contributed by atoms with Gasteiger partial charge in [0.2, 0.25) is 5.91 Å². The van der Waals surface area contributed by atoms with Gasteiger partial charge < -0.3 is 10.6 Å². The van der Waals surface area contributed by atoms with Crippen LogP contribution in [0.4, 0.5) is 4.39 Å². The van der Waals surface area contributed by atoms with Gasteiger partial charge in [-0.15, -0.1) is 0 Å². The Labute approximate surface area is 144 Å².